The average Bonchev–Trinajstić information content (AvgIpc) is 2.39. The maximum Gasteiger partial charge on any atom is 0.225 e. The van der Waals surface area contributed by atoms with Crippen LogP contribution >= 0.6 is 15.9 Å². The van der Waals surface area contributed by atoms with Crippen LogP contribution in [0.5, 0.6) is 0 Å². The van der Waals surface area contributed by atoms with Crippen LogP contribution in [0.25, 0.3) is 0 Å². The summed E-state index contributed by atoms with van der Waals surface area (Å²) in [5.74, 6) is -0.487. The van der Waals surface area contributed by atoms with Crippen LogP contribution in [-0.4, -0.2) is 35.6 Å². The van der Waals surface area contributed by atoms with Crippen molar-refractivity contribution in [3.05, 3.63) is 34.1 Å². The highest BCUT2D eigenvalue weighted by Gasteiger charge is 2.19. The number of nitrogens with zero attached hydrogens (tertiary/aromatic N) is 1. The average molecular weight is 332 g/mol. The molecule has 1 aromatic carbocycles. The molecule has 0 aliphatic carbocycles. The van der Waals surface area contributed by atoms with Gasteiger partial charge >= 0.3 is 0 Å². The lowest BCUT2D eigenvalue weighted by Gasteiger charge is -2.23. The Hall–Kier alpha value is -0.940. The third kappa shape index (κ3) is 4.58. The summed E-state index contributed by atoms with van der Waals surface area (Å²) in [5, 5.41) is 8.91. The predicted molar refractivity (Wildman–Crippen MR) is 76.3 cm³/mol. The number of rotatable bonds is 6. The van der Waals surface area contributed by atoms with Gasteiger partial charge in [0.25, 0.3) is 0 Å². The van der Waals surface area contributed by atoms with Crippen LogP contribution in [0.4, 0.5) is 4.39 Å². The minimum atomic E-state index is -0.307. The molecule has 0 heterocycles. The summed E-state index contributed by atoms with van der Waals surface area (Å²) in [5.41, 5.74) is 0.911. The maximum atomic E-state index is 13.1. The van der Waals surface area contributed by atoms with Crippen molar-refractivity contribution >= 4 is 21.8 Å². The zero-order valence-corrected chi connectivity index (χ0v) is 12.8. The third-order valence-electron chi connectivity index (χ3n) is 3.01. The molecule has 19 heavy (non-hydrogen) atoms. The number of likely N-dealkylation sites (N-methyl/N-ethyl adjacent to an activating group) is 1. The van der Waals surface area contributed by atoms with Crippen LogP contribution in [0, 0.1) is 11.7 Å². The molecule has 0 spiro atoms. The number of aliphatic hydroxyl groups excluding tert-OH is 1. The van der Waals surface area contributed by atoms with Crippen LogP contribution in [-0.2, 0) is 11.2 Å². The maximum absolute atomic E-state index is 13.1. The molecule has 1 aromatic rings. The van der Waals surface area contributed by atoms with Gasteiger partial charge < -0.3 is 10.0 Å². The highest BCUT2D eigenvalue weighted by molar-refractivity contribution is 9.10. The lowest BCUT2D eigenvalue weighted by Crippen LogP contribution is -2.37. The Morgan fingerprint density at radius 1 is 1.53 bits per heavy atom. The summed E-state index contributed by atoms with van der Waals surface area (Å²) in [6.45, 7) is 4.63. The van der Waals surface area contributed by atoms with Crippen LogP contribution in [0.3, 0.4) is 0 Å². The molecular weight excluding hydrogens is 313 g/mol. The number of hydrogen-bond acceptors (Lipinski definition) is 2. The van der Waals surface area contributed by atoms with Crippen molar-refractivity contribution in [1.29, 1.82) is 0 Å². The Morgan fingerprint density at radius 3 is 2.74 bits per heavy atom. The largest absolute Gasteiger partial charge is 0.395 e. The quantitative estimate of drug-likeness (QED) is 0.870. The first-order valence-electron chi connectivity index (χ1n) is 6.33. The van der Waals surface area contributed by atoms with Gasteiger partial charge in [0.1, 0.15) is 5.82 Å². The van der Waals surface area contributed by atoms with Gasteiger partial charge in [0.15, 0.2) is 0 Å². The minimum absolute atomic E-state index is 0.0111. The second-order valence-corrected chi connectivity index (χ2v) is 5.35. The number of amides is 1. The number of benzene rings is 1. The fourth-order valence-electron chi connectivity index (χ4n) is 1.96. The first-order valence-corrected chi connectivity index (χ1v) is 7.12. The first-order chi connectivity index (χ1) is 8.99. The van der Waals surface area contributed by atoms with Gasteiger partial charge in [0.05, 0.1) is 11.1 Å². The Bertz CT molecular complexity index is 439. The minimum Gasteiger partial charge on any atom is -0.395 e. The third-order valence-corrected chi connectivity index (χ3v) is 3.62. The molecule has 0 radical (unpaired) electrons. The van der Waals surface area contributed by atoms with E-state index in [0.29, 0.717) is 24.0 Å². The Balaban J connectivity index is 2.69. The van der Waals surface area contributed by atoms with Gasteiger partial charge in [0.2, 0.25) is 5.91 Å². The molecule has 1 amide bonds. The molecule has 0 aliphatic heterocycles. The molecule has 1 atom stereocenters. The Kier molecular flexibility index (Phi) is 6.45. The summed E-state index contributed by atoms with van der Waals surface area (Å²) in [4.78, 5) is 13.8. The fraction of sp³-hybridized carbons (Fsp3) is 0.500. The first kappa shape index (κ1) is 16.1. The summed E-state index contributed by atoms with van der Waals surface area (Å²) >= 11 is 3.14. The molecule has 106 valence electrons. The second-order valence-electron chi connectivity index (χ2n) is 4.50. The van der Waals surface area contributed by atoms with Crippen molar-refractivity contribution in [3.63, 3.8) is 0 Å². The molecule has 0 saturated heterocycles. The highest BCUT2D eigenvalue weighted by Crippen LogP contribution is 2.19. The summed E-state index contributed by atoms with van der Waals surface area (Å²) in [6, 6.07) is 4.77. The fourth-order valence-corrected chi connectivity index (χ4v) is 2.39. The summed E-state index contributed by atoms with van der Waals surface area (Å²) < 4.78 is 13.5. The standard InChI is InChI=1S/C14H19BrFNO2/c1-3-17(6-7-18)14(19)10(2)8-11-4-5-13(16)12(15)9-11/h4-5,9-10,18H,3,6-8H2,1-2H3. The zero-order valence-electron chi connectivity index (χ0n) is 11.2. The van der Waals surface area contributed by atoms with Gasteiger partial charge in [-0.2, -0.15) is 0 Å². The van der Waals surface area contributed by atoms with Crippen molar-refractivity contribution in [1.82, 2.24) is 4.90 Å². The molecule has 0 aromatic heterocycles. The Morgan fingerprint density at radius 2 is 2.21 bits per heavy atom. The molecule has 1 unspecified atom stereocenters. The van der Waals surface area contributed by atoms with Gasteiger partial charge in [0, 0.05) is 19.0 Å². The van der Waals surface area contributed by atoms with E-state index in [1.807, 2.05) is 13.8 Å². The normalized spacial score (nSPS) is 12.3. The van der Waals surface area contributed by atoms with E-state index in [4.69, 9.17) is 5.11 Å². The molecule has 0 bridgehead atoms. The number of aliphatic hydroxyl groups is 1. The van der Waals surface area contributed by atoms with Crippen molar-refractivity contribution < 1.29 is 14.3 Å². The lowest BCUT2D eigenvalue weighted by molar-refractivity contribution is -0.135. The van der Waals surface area contributed by atoms with E-state index < -0.39 is 0 Å². The molecule has 0 aliphatic rings. The topological polar surface area (TPSA) is 40.5 Å². The van der Waals surface area contributed by atoms with E-state index in [1.54, 1.807) is 17.0 Å². The van der Waals surface area contributed by atoms with Gasteiger partial charge in [-0.25, -0.2) is 4.39 Å². The molecule has 5 heteroatoms. The molecule has 1 rings (SSSR count). The van der Waals surface area contributed by atoms with E-state index in [1.165, 1.54) is 6.07 Å². The van der Waals surface area contributed by atoms with Gasteiger partial charge in [-0.15, -0.1) is 0 Å². The van der Waals surface area contributed by atoms with Crippen LogP contribution < -0.4 is 0 Å². The molecular formula is C14H19BrFNO2. The van der Waals surface area contributed by atoms with E-state index in [0.717, 1.165) is 5.56 Å². The monoisotopic (exact) mass is 331 g/mol. The molecule has 0 saturated carbocycles. The second kappa shape index (κ2) is 7.60. The smallest absolute Gasteiger partial charge is 0.225 e. The van der Waals surface area contributed by atoms with E-state index in [9.17, 15) is 9.18 Å². The number of halogens is 2. The number of hydrogen-bond donors (Lipinski definition) is 1. The van der Waals surface area contributed by atoms with Crippen LogP contribution in [0.1, 0.15) is 19.4 Å². The van der Waals surface area contributed by atoms with Crippen molar-refractivity contribution in [2.75, 3.05) is 19.7 Å². The van der Waals surface area contributed by atoms with Crippen molar-refractivity contribution in [2.45, 2.75) is 20.3 Å². The van der Waals surface area contributed by atoms with E-state index in [-0.39, 0.29) is 24.2 Å². The molecule has 0 fully saturated rings. The number of carbonyl (C=O) groups excluding carboxylic acids is 1. The summed E-state index contributed by atoms with van der Waals surface area (Å²) in [6.07, 6.45) is 0.555. The van der Waals surface area contributed by atoms with Crippen LogP contribution in [0.2, 0.25) is 0 Å². The lowest BCUT2D eigenvalue weighted by atomic mass is 9.99. The highest BCUT2D eigenvalue weighted by atomic mass is 79.9. The van der Waals surface area contributed by atoms with Crippen LogP contribution in [0.15, 0.2) is 22.7 Å². The van der Waals surface area contributed by atoms with E-state index in [2.05, 4.69) is 15.9 Å². The van der Waals surface area contributed by atoms with E-state index >= 15 is 0 Å². The van der Waals surface area contributed by atoms with Crippen molar-refractivity contribution in [2.24, 2.45) is 5.92 Å². The summed E-state index contributed by atoms with van der Waals surface area (Å²) in [7, 11) is 0. The van der Waals surface area contributed by atoms with Gasteiger partial charge in [-0.1, -0.05) is 13.0 Å². The zero-order chi connectivity index (χ0) is 14.4. The van der Waals surface area contributed by atoms with Gasteiger partial charge in [-0.3, -0.25) is 4.79 Å². The van der Waals surface area contributed by atoms with Gasteiger partial charge in [-0.05, 0) is 47.0 Å². The molecule has 1 N–H and O–H groups in total. The Labute approximate surface area is 121 Å². The molecule has 3 nitrogen and oxygen atoms in total. The predicted octanol–water partition coefficient (Wildman–Crippen LogP) is 2.61. The number of carbonyl (C=O) groups is 1. The van der Waals surface area contributed by atoms with Crippen molar-refractivity contribution in [3.8, 4) is 0 Å². The SMILES string of the molecule is CCN(CCO)C(=O)C(C)Cc1ccc(F)c(Br)c1.